The number of carbonyl (C=O) groups is 1. The lowest BCUT2D eigenvalue weighted by Crippen LogP contribution is -2.32. The quantitative estimate of drug-likeness (QED) is 0.467. The van der Waals surface area contributed by atoms with E-state index in [2.05, 4.69) is 21.6 Å². The SMILES string of the molecule is CCC(C(=O)Nc1ccc2nncn2c1)n1cc(OC)c(-c2cc(Cl)ccc2C#N)cc1=O. The number of carbonyl (C=O) groups excluding carboxylic acids is 1. The van der Waals surface area contributed by atoms with Crippen molar-refractivity contribution in [3.05, 3.63) is 76.1 Å². The second kappa shape index (κ2) is 9.14. The summed E-state index contributed by atoms with van der Waals surface area (Å²) in [5.41, 5.74) is 2.03. The van der Waals surface area contributed by atoms with Gasteiger partial charge in [0.1, 0.15) is 18.1 Å². The highest BCUT2D eigenvalue weighted by Crippen LogP contribution is 2.33. The number of benzene rings is 1. The van der Waals surface area contributed by atoms with Gasteiger partial charge in [-0.1, -0.05) is 18.5 Å². The van der Waals surface area contributed by atoms with Gasteiger partial charge in [-0.05, 0) is 36.8 Å². The lowest BCUT2D eigenvalue weighted by Gasteiger charge is -2.20. The molecule has 0 saturated heterocycles. The maximum Gasteiger partial charge on any atom is 0.252 e. The fourth-order valence-electron chi connectivity index (χ4n) is 3.62. The minimum absolute atomic E-state index is 0.338. The number of halogens is 1. The van der Waals surface area contributed by atoms with E-state index in [1.165, 1.54) is 30.3 Å². The summed E-state index contributed by atoms with van der Waals surface area (Å²) in [6.45, 7) is 1.81. The topological polar surface area (TPSA) is 114 Å². The highest BCUT2D eigenvalue weighted by Gasteiger charge is 2.23. The third kappa shape index (κ3) is 4.29. The summed E-state index contributed by atoms with van der Waals surface area (Å²) in [4.78, 5) is 26.1. The molecule has 0 aliphatic heterocycles. The number of nitriles is 1. The summed E-state index contributed by atoms with van der Waals surface area (Å²) in [5, 5.41) is 20.5. The molecule has 0 fully saturated rings. The van der Waals surface area contributed by atoms with Gasteiger partial charge in [-0.15, -0.1) is 10.2 Å². The fourth-order valence-corrected chi connectivity index (χ4v) is 3.79. The Balaban J connectivity index is 1.71. The van der Waals surface area contributed by atoms with Gasteiger partial charge in [-0.25, -0.2) is 0 Å². The second-order valence-electron chi connectivity index (χ2n) is 7.23. The number of methoxy groups -OCH3 is 1. The molecule has 0 spiro atoms. The van der Waals surface area contributed by atoms with Crippen LogP contribution in [0.2, 0.25) is 5.02 Å². The molecule has 1 N–H and O–H groups in total. The number of hydrogen-bond acceptors (Lipinski definition) is 6. The Labute approximate surface area is 193 Å². The number of hydrogen-bond donors (Lipinski definition) is 1. The van der Waals surface area contributed by atoms with Crippen LogP contribution in [0.25, 0.3) is 16.8 Å². The molecule has 10 heteroatoms. The van der Waals surface area contributed by atoms with E-state index >= 15 is 0 Å². The van der Waals surface area contributed by atoms with Gasteiger partial charge >= 0.3 is 0 Å². The van der Waals surface area contributed by atoms with E-state index < -0.39 is 11.6 Å². The average Bonchev–Trinajstić information content (AvgIpc) is 3.28. The van der Waals surface area contributed by atoms with E-state index in [1.54, 1.807) is 40.9 Å². The minimum atomic E-state index is -0.785. The molecule has 4 rings (SSSR count). The number of amides is 1. The lowest BCUT2D eigenvalue weighted by molar-refractivity contribution is -0.119. The van der Waals surface area contributed by atoms with Crippen molar-refractivity contribution in [2.45, 2.75) is 19.4 Å². The smallest absolute Gasteiger partial charge is 0.252 e. The van der Waals surface area contributed by atoms with Gasteiger partial charge in [-0.2, -0.15) is 5.26 Å². The molecule has 1 amide bonds. The first-order valence-electron chi connectivity index (χ1n) is 10.1. The molecule has 0 radical (unpaired) electrons. The Morgan fingerprint density at radius 2 is 2.06 bits per heavy atom. The van der Waals surface area contributed by atoms with Crippen molar-refractivity contribution >= 4 is 28.8 Å². The number of pyridine rings is 2. The van der Waals surface area contributed by atoms with E-state index in [-0.39, 0.29) is 5.91 Å². The second-order valence-corrected chi connectivity index (χ2v) is 7.67. The number of rotatable bonds is 6. The molecule has 0 saturated carbocycles. The monoisotopic (exact) mass is 462 g/mol. The van der Waals surface area contributed by atoms with Crippen molar-refractivity contribution in [2.24, 2.45) is 0 Å². The van der Waals surface area contributed by atoms with Crippen molar-refractivity contribution in [1.82, 2.24) is 19.2 Å². The van der Waals surface area contributed by atoms with E-state index in [0.29, 0.717) is 45.2 Å². The Bertz CT molecular complexity index is 1450. The van der Waals surface area contributed by atoms with E-state index in [1.807, 2.05) is 6.92 Å². The largest absolute Gasteiger partial charge is 0.495 e. The van der Waals surface area contributed by atoms with Crippen LogP contribution in [0.5, 0.6) is 5.75 Å². The van der Waals surface area contributed by atoms with Gasteiger partial charge in [0.25, 0.3) is 5.56 Å². The van der Waals surface area contributed by atoms with Crippen LogP contribution in [0.15, 0.2) is 59.9 Å². The Morgan fingerprint density at radius 3 is 2.79 bits per heavy atom. The van der Waals surface area contributed by atoms with Crippen molar-refractivity contribution in [2.75, 3.05) is 12.4 Å². The maximum atomic E-state index is 13.1. The molecule has 3 heterocycles. The van der Waals surface area contributed by atoms with Gasteiger partial charge in [0.05, 0.1) is 30.6 Å². The fraction of sp³-hybridized carbons (Fsp3) is 0.174. The summed E-state index contributed by atoms with van der Waals surface area (Å²) in [6, 6.07) is 10.9. The molecule has 166 valence electrons. The van der Waals surface area contributed by atoms with Crippen LogP contribution >= 0.6 is 11.6 Å². The van der Waals surface area contributed by atoms with Crippen LogP contribution in [0.4, 0.5) is 5.69 Å². The van der Waals surface area contributed by atoms with E-state index in [0.717, 1.165) is 0 Å². The maximum absolute atomic E-state index is 13.1. The predicted octanol–water partition coefficient (Wildman–Crippen LogP) is 3.68. The molecular weight excluding hydrogens is 444 g/mol. The number of fused-ring (bicyclic) bond motifs is 1. The van der Waals surface area contributed by atoms with E-state index in [4.69, 9.17) is 16.3 Å². The highest BCUT2D eigenvalue weighted by atomic mass is 35.5. The standard InChI is InChI=1S/C23H19ClN6O3/c1-3-19(23(32)27-16-6-7-21-28-26-13-29(21)11-16)30-12-20(33-2)18(9-22(30)31)17-8-15(24)5-4-14(17)10-25/h4-9,11-13,19H,3H2,1-2H3,(H,27,32). The van der Waals surface area contributed by atoms with Gasteiger partial charge in [0.15, 0.2) is 5.65 Å². The number of ether oxygens (including phenoxy) is 1. The lowest BCUT2D eigenvalue weighted by atomic mass is 10.00. The van der Waals surface area contributed by atoms with Crippen LogP contribution in [0, 0.1) is 11.3 Å². The molecule has 4 aromatic rings. The number of nitrogens with zero attached hydrogens (tertiary/aromatic N) is 5. The molecule has 0 bridgehead atoms. The van der Waals surface area contributed by atoms with Gasteiger partial charge < -0.3 is 10.1 Å². The van der Waals surface area contributed by atoms with Crippen LogP contribution in [0.1, 0.15) is 24.9 Å². The van der Waals surface area contributed by atoms with Crippen LogP contribution in [-0.2, 0) is 4.79 Å². The third-order valence-electron chi connectivity index (χ3n) is 5.24. The molecule has 33 heavy (non-hydrogen) atoms. The molecule has 9 nitrogen and oxygen atoms in total. The molecule has 1 atom stereocenters. The van der Waals surface area contributed by atoms with Crippen molar-refractivity contribution < 1.29 is 9.53 Å². The molecule has 1 unspecified atom stereocenters. The summed E-state index contributed by atoms with van der Waals surface area (Å²) in [7, 11) is 1.46. The Kier molecular flexibility index (Phi) is 6.11. The summed E-state index contributed by atoms with van der Waals surface area (Å²) < 4.78 is 8.51. The highest BCUT2D eigenvalue weighted by molar-refractivity contribution is 6.31. The minimum Gasteiger partial charge on any atom is -0.495 e. The normalized spacial score (nSPS) is 11.7. The van der Waals surface area contributed by atoms with Crippen molar-refractivity contribution in [1.29, 1.82) is 5.26 Å². The zero-order chi connectivity index (χ0) is 23.5. The van der Waals surface area contributed by atoms with Gasteiger partial charge in [-0.3, -0.25) is 18.6 Å². The molecule has 1 aromatic carbocycles. The Hall–Kier alpha value is -4.16. The van der Waals surface area contributed by atoms with Crippen molar-refractivity contribution in [3.8, 4) is 22.9 Å². The summed E-state index contributed by atoms with van der Waals surface area (Å²) >= 11 is 6.11. The molecule has 0 aliphatic rings. The summed E-state index contributed by atoms with van der Waals surface area (Å²) in [5.74, 6) is -0.0205. The van der Waals surface area contributed by atoms with Crippen LogP contribution < -0.4 is 15.6 Å². The number of aromatic nitrogens is 4. The van der Waals surface area contributed by atoms with Crippen LogP contribution in [-0.4, -0.2) is 32.2 Å². The third-order valence-corrected chi connectivity index (χ3v) is 5.47. The van der Waals surface area contributed by atoms with Gasteiger partial charge in [0, 0.05) is 28.4 Å². The number of anilines is 1. The van der Waals surface area contributed by atoms with Crippen LogP contribution in [0.3, 0.4) is 0 Å². The first-order valence-corrected chi connectivity index (χ1v) is 10.4. The molecule has 3 aromatic heterocycles. The zero-order valence-electron chi connectivity index (χ0n) is 17.8. The number of nitrogens with one attached hydrogen (secondary N) is 1. The van der Waals surface area contributed by atoms with Crippen molar-refractivity contribution in [3.63, 3.8) is 0 Å². The Morgan fingerprint density at radius 1 is 1.24 bits per heavy atom. The summed E-state index contributed by atoms with van der Waals surface area (Å²) in [6.07, 6.45) is 5.07. The first-order chi connectivity index (χ1) is 15.9. The first kappa shape index (κ1) is 22.0. The predicted molar refractivity (Wildman–Crippen MR) is 123 cm³/mol. The molecule has 0 aliphatic carbocycles. The van der Waals surface area contributed by atoms with Gasteiger partial charge in [0.2, 0.25) is 5.91 Å². The zero-order valence-corrected chi connectivity index (χ0v) is 18.6. The van der Waals surface area contributed by atoms with E-state index in [9.17, 15) is 14.9 Å². The average molecular weight is 463 g/mol. The molecular formula is C23H19ClN6O3.